The van der Waals surface area contributed by atoms with Gasteiger partial charge in [0, 0.05) is 18.8 Å². The number of thiazole rings is 1. The molecule has 0 saturated carbocycles. The van der Waals surface area contributed by atoms with Crippen LogP contribution < -0.4 is 11.2 Å². The largest absolute Gasteiger partial charge is 0.351 e. The lowest BCUT2D eigenvalue weighted by Gasteiger charge is -2.11. The summed E-state index contributed by atoms with van der Waals surface area (Å²) in [5, 5.41) is 6.89. The number of hydrogen-bond acceptors (Lipinski definition) is 6. The summed E-state index contributed by atoms with van der Waals surface area (Å²) in [4.78, 5) is 24.4. The number of nitrogens with one attached hydrogen (secondary N) is 1. The first-order chi connectivity index (χ1) is 12.6. The highest BCUT2D eigenvalue weighted by molar-refractivity contribution is 7.13. The van der Waals surface area contributed by atoms with Gasteiger partial charge in [-0.3, -0.25) is 4.79 Å². The maximum Gasteiger partial charge on any atom is 0.217 e. The Hall–Kier alpha value is -2.32. The SMILES string of the molecule is CCCCCCN(N)C=Nc1nc(-c2cccc(CNC(C)=O)n2)cs1. The summed E-state index contributed by atoms with van der Waals surface area (Å²) < 4.78 is 0. The topological polar surface area (TPSA) is 96.5 Å². The summed E-state index contributed by atoms with van der Waals surface area (Å²) in [6.45, 7) is 4.86. The van der Waals surface area contributed by atoms with Crippen LogP contribution >= 0.6 is 11.3 Å². The number of rotatable bonds is 10. The standard InChI is InChI=1S/C18H26N6OS/c1-3-4-5-6-10-24(19)13-21-18-23-17(12-26-18)16-9-7-8-15(22-16)11-20-14(2)25/h7-9,12-13H,3-6,10-11,19H2,1-2H3,(H,20,25). The maximum atomic E-state index is 11.0. The number of pyridine rings is 1. The molecule has 0 aliphatic carbocycles. The normalized spacial score (nSPS) is 11.0. The van der Waals surface area contributed by atoms with Crippen LogP contribution in [0.5, 0.6) is 0 Å². The summed E-state index contributed by atoms with van der Waals surface area (Å²) in [6.07, 6.45) is 6.30. The minimum absolute atomic E-state index is 0.0801. The quantitative estimate of drug-likeness (QED) is 0.219. The molecular formula is C18H26N6OS. The molecule has 0 aromatic carbocycles. The minimum atomic E-state index is -0.0801. The van der Waals surface area contributed by atoms with Crippen LogP contribution in [0.1, 0.15) is 45.2 Å². The fraction of sp³-hybridized carbons (Fsp3) is 0.444. The van der Waals surface area contributed by atoms with Gasteiger partial charge < -0.3 is 10.3 Å². The number of aromatic nitrogens is 2. The number of nitrogens with zero attached hydrogens (tertiary/aromatic N) is 4. The van der Waals surface area contributed by atoms with E-state index in [0.29, 0.717) is 11.7 Å². The van der Waals surface area contributed by atoms with Gasteiger partial charge in [0.2, 0.25) is 11.0 Å². The van der Waals surface area contributed by atoms with E-state index in [1.807, 2.05) is 23.6 Å². The van der Waals surface area contributed by atoms with Gasteiger partial charge in [0.1, 0.15) is 12.0 Å². The molecule has 0 bridgehead atoms. The Morgan fingerprint density at radius 1 is 1.31 bits per heavy atom. The van der Waals surface area contributed by atoms with Crippen molar-refractivity contribution in [1.29, 1.82) is 0 Å². The molecule has 7 nitrogen and oxygen atoms in total. The summed E-state index contributed by atoms with van der Waals surface area (Å²) in [5.74, 6) is 5.83. The molecule has 2 rings (SSSR count). The Morgan fingerprint density at radius 2 is 2.15 bits per heavy atom. The van der Waals surface area contributed by atoms with Gasteiger partial charge in [0.25, 0.3) is 0 Å². The summed E-state index contributed by atoms with van der Waals surface area (Å²) in [7, 11) is 0. The van der Waals surface area contributed by atoms with Crippen LogP contribution in [-0.4, -0.2) is 33.8 Å². The molecule has 0 spiro atoms. The molecule has 0 unspecified atom stereocenters. The van der Waals surface area contributed by atoms with E-state index in [2.05, 4.69) is 27.2 Å². The number of carbonyl (C=O) groups excluding carboxylic acids is 1. The lowest BCUT2D eigenvalue weighted by Crippen LogP contribution is -2.30. The van der Waals surface area contributed by atoms with E-state index in [1.165, 1.54) is 37.5 Å². The molecule has 0 radical (unpaired) electrons. The van der Waals surface area contributed by atoms with Crippen LogP contribution in [0.15, 0.2) is 28.6 Å². The van der Waals surface area contributed by atoms with Crippen LogP contribution in [0.25, 0.3) is 11.4 Å². The summed E-state index contributed by atoms with van der Waals surface area (Å²) >= 11 is 1.44. The fourth-order valence-electron chi connectivity index (χ4n) is 2.28. The zero-order valence-electron chi connectivity index (χ0n) is 15.3. The number of aliphatic imine (C=N–C) groups is 1. The van der Waals surface area contributed by atoms with Crippen LogP contribution in [0.3, 0.4) is 0 Å². The number of unbranched alkanes of at least 4 members (excludes halogenated alkanes) is 3. The maximum absolute atomic E-state index is 11.0. The average molecular weight is 375 g/mol. The smallest absolute Gasteiger partial charge is 0.217 e. The van der Waals surface area contributed by atoms with E-state index < -0.39 is 0 Å². The zero-order chi connectivity index (χ0) is 18.8. The van der Waals surface area contributed by atoms with Crippen molar-refractivity contribution in [3.63, 3.8) is 0 Å². The molecule has 2 heterocycles. The Balaban J connectivity index is 1.93. The van der Waals surface area contributed by atoms with Crippen molar-refractivity contribution in [1.82, 2.24) is 20.3 Å². The predicted molar refractivity (Wildman–Crippen MR) is 106 cm³/mol. The molecule has 26 heavy (non-hydrogen) atoms. The lowest BCUT2D eigenvalue weighted by atomic mass is 10.2. The van der Waals surface area contributed by atoms with Crippen molar-refractivity contribution < 1.29 is 4.79 Å². The highest BCUT2D eigenvalue weighted by Crippen LogP contribution is 2.25. The van der Waals surface area contributed by atoms with Crippen LogP contribution in [0.2, 0.25) is 0 Å². The number of nitrogens with two attached hydrogens (primary N) is 1. The predicted octanol–water partition coefficient (Wildman–Crippen LogP) is 3.26. The van der Waals surface area contributed by atoms with Crippen molar-refractivity contribution in [3.05, 3.63) is 29.3 Å². The van der Waals surface area contributed by atoms with Gasteiger partial charge in [-0.25, -0.2) is 20.8 Å². The highest BCUT2D eigenvalue weighted by Gasteiger charge is 2.06. The van der Waals surface area contributed by atoms with Crippen LogP contribution in [0.4, 0.5) is 5.13 Å². The first-order valence-electron chi connectivity index (χ1n) is 8.80. The second-order valence-electron chi connectivity index (χ2n) is 5.98. The van der Waals surface area contributed by atoms with Crippen molar-refractivity contribution >= 4 is 28.7 Å². The van der Waals surface area contributed by atoms with Gasteiger partial charge in [-0.2, -0.15) is 0 Å². The molecule has 0 atom stereocenters. The molecule has 1 amide bonds. The molecule has 2 aromatic heterocycles. The van der Waals surface area contributed by atoms with Gasteiger partial charge in [0.15, 0.2) is 0 Å². The van der Waals surface area contributed by atoms with Gasteiger partial charge >= 0.3 is 0 Å². The molecule has 0 aliphatic rings. The van der Waals surface area contributed by atoms with E-state index in [4.69, 9.17) is 5.84 Å². The third-order valence-electron chi connectivity index (χ3n) is 3.67. The first-order valence-corrected chi connectivity index (χ1v) is 9.68. The van der Waals surface area contributed by atoms with E-state index in [1.54, 1.807) is 11.3 Å². The van der Waals surface area contributed by atoms with Crippen LogP contribution in [-0.2, 0) is 11.3 Å². The Bertz CT molecular complexity index is 730. The highest BCUT2D eigenvalue weighted by atomic mass is 32.1. The zero-order valence-corrected chi connectivity index (χ0v) is 16.1. The van der Waals surface area contributed by atoms with Gasteiger partial charge in [-0.05, 0) is 18.6 Å². The van der Waals surface area contributed by atoms with E-state index >= 15 is 0 Å². The Kier molecular flexibility index (Phi) is 8.17. The molecule has 3 N–H and O–H groups in total. The Labute approximate surface area is 158 Å². The van der Waals surface area contributed by atoms with Crippen molar-refractivity contribution in [2.45, 2.75) is 46.1 Å². The average Bonchev–Trinajstić information content (AvgIpc) is 3.11. The van der Waals surface area contributed by atoms with Gasteiger partial charge in [-0.15, -0.1) is 11.3 Å². The summed E-state index contributed by atoms with van der Waals surface area (Å²) in [6, 6.07) is 5.66. The van der Waals surface area contributed by atoms with E-state index in [0.717, 1.165) is 30.0 Å². The van der Waals surface area contributed by atoms with Crippen molar-refractivity contribution in [2.75, 3.05) is 6.54 Å². The number of amides is 1. The van der Waals surface area contributed by atoms with Crippen LogP contribution in [0, 0.1) is 0 Å². The third-order valence-corrected chi connectivity index (χ3v) is 4.41. The fourth-order valence-corrected chi connectivity index (χ4v) is 2.93. The van der Waals surface area contributed by atoms with E-state index in [9.17, 15) is 4.79 Å². The molecule has 0 saturated heterocycles. The molecule has 140 valence electrons. The molecule has 2 aromatic rings. The number of hydrazine groups is 1. The second kappa shape index (κ2) is 10.6. The number of hydrogen-bond donors (Lipinski definition) is 2. The third kappa shape index (κ3) is 6.89. The summed E-state index contributed by atoms with van der Waals surface area (Å²) in [5.41, 5.74) is 2.31. The van der Waals surface area contributed by atoms with Crippen molar-refractivity contribution in [2.24, 2.45) is 10.8 Å². The number of carbonyl (C=O) groups is 1. The minimum Gasteiger partial charge on any atom is -0.351 e. The van der Waals surface area contributed by atoms with E-state index in [-0.39, 0.29) is 5.91 Å². The molecule has 0 aliphatic heterocycles. The first kappa shape index (κ1) is 20.0. The molecule has 0 fully saturated rings. The van der Waals surface area contributed by atoms with Gasteiger partial charge in [0.05, 0.1) is 17.9 Å². The molecule has 8 heteroatoms. The lowest BCUT2D eigenvalue weighted by molar-refractivity contribution is -0.119. The monoisotopic (exact) mass is 374 g/mol. The van der Waals surface area contributed by atoms with Gasteiger partial charge in [-0.1, -0.05) is 32.3 Å². The van der Waals surface area contributed by atoms with Crippen molar-refractivity contribution in [3.8, 4) is 11.4 Å². The Morgan fingerprint density at radius 3 is 2.92 bits per heavy atom. The second-order valence-corrected chi connectivity index (χ2v) is 6.82. The molecular weight excluding hydrogens is 348 g/mol.